The van der Waals surface area contributed by atoms with Crippen molar-refractivity contribution in [2.75, 3.05) is 13.2 Å². The molecule has 1 saturated heterocycles. The van der Waals surface area contributed by atoms with E-state index in [0.717, 1.165) is 0 Å². The average molecular weight is 478 g/mol. The molecule has 0 bridgehead atoms. The van der Waals surface area contributed by atoms with E-state index in [1.807, 2.05) is 0 Å². The Kier molecular flexibility index (Phi) is 7.84. The zero-order valence-corrected chi connectivity index (χ0v) is 18.6. The molecule has 0 amide bonds. The lowest BCUT2D eigenvalue weighted by molar-refractivity contribution is -0.176. The van der Waals surface area contributed by atoms with Gasteiger partial charge in [0.25, 0.3) is 0 Å². The van der Waals surface area contributed by atoms with Crippen LogP contribution in [0.3, 0.4) is 0 Å². The molecule has 3 aromatic carbocycles. The van der Waals surface area contributed by atoms with Crippen molar-refractivity contribution in [3.8, 4) is 0 Å². The summed E-state index contributed by atoms with van der Waals surface area (Å²) in [7, 11) is 0. The Morgan fingerprint density at radius 3 is 1.69 bits per heavy atom. The van der Waals surface area contributed by atoms with Gasteiger partial charge in [-0.1, -0.05) is 54.6 Å². The smallest absolute Gasteiger partial charge is 0.338 e. The molecule has 0 radical (unpaired) electrons. The largest absolute Gasteiger partial charge is 0.459 e. The van der Waals surface area contributed by atoms with Gasteiger partial charge in [-0.05, 0) is 36.4 Å². The Morgan fingerprint density at radius 2 is 1.17 bits per heavy atom. The number of carbonyl (C=O) groups excluding carboxylic acids is 3. The van der Waals surface area contributed by atoms with Crippen molar-refractivity contribution >= 4 is 17.9 Å². The molecule has 1 aliphatic heterocycles. The number of carbonyl (C=O) groups is 3. The van der Waals surface area contributed by atoms with Gasteiger partial charge < -0.3 is 18.9 Å². The maximum atomic E-state index is 15.6. The normalized spacial score (nSPS) is 21.5. The first-order valence-corrected chi connectivity index (χ1v) is 11.0. The van der Waals surface area contributed by atoms with Gasteiger partial charge in [0.1, 0.15) is 12.7 Å². The van der Waals surface area contributed by atoms with Crippen LogP contribution < -0.4 is 0 Å². The summed E-state index contributed by atoms with van der Waals surface area (Å²) in [5, 5.41) is 0. The minimum Gasteiger partial charge on any atom is -0.459 e. The molecule has 1 heterocycles. The Hall–Kier alpha value is -4.04. The summed E-state index contributed by atoms with van der Waals surface area (Å²) in [5.74, 6) is -2.13. The third-order valence-corrected chi connectivity index (χ3v) is 5.42. The molecule has 3 aromatic rings. The molecule has 0 aliphatic carbocycles. The lowest BCUT2D eigenvalue weighted by Crippen LogP contribution is -2.55. The number of alkyl halides is 1. The fraction of sp³-hybridized carbons (Fsp3) is 0.222. The van der Waals surface area contributed by atoms with E-state index >= 15 is 4.39 Å². The van der Waals surface area contributed by atoms with E-state index < -0.39 is 49.0 Å². The number of halogens is 1. The molecular weight excluding hydrogens is 455 g/mol. The molecule has 0 N–H and O–H groups in total. The van der Waals surface area contributed by atoms with Gasteiger partial charge >= 0.3 is 17.9 Å². The van der Waals surface area contributed by atoms with Crippen LogP contribution >= 0.6 is 0 Å². The number of rotatable bonds is 7. The summed E-state index contributed by atoms with van der Waals surface area (Å²) >= 11 is 0. The zero-order chi connectivity index (χ0) is 24.6. The van der Waals surface area contributed by atoms with Gasteiger partial charge in [-0.25, -0.2) is 18.8 Å². The van der Waals surface area contributed by atoms with E-state index in [1.165, 1.54) is 12.1 Å². The molecule has 180 valence electrons. The van der Waals surface area contributed by atoms with Crippen molar-refractivity contribution < 1.29 is 37.7 Å². The van der Waals surface area contributed by atoms with Gasteiger partial charge in [0.2, 0.25) is 0 Å². The standard InChI is InChI=1S/C27H23FO7/c28-23-21(16-33-25(29)18-10-4-1-5-11-18)32-17-22(34-26(30)19-12-6-2-7-13-19)24(23)35-27(31)20-14-8-3-9-15-20/h1-15,21-24H,16-17H2. The molecule has 35 heavy (non-hydrogen) atoms. The third kappa shape index (κ3) is 6.10. The minimum atomic E-state index is -1.92. The van der Waals surface area contributed by atoms with Crippen molar-refractivity contribution in [3.63, 3.8) is 0 Å². The Bertz CT molecular complexity index is 1140. The van der Waals surface area contributed by atoms with Crippen LogP contribution in [0.1, 0.15) is 31.1 Å². The second kappa shape index (κ2) is 11.4. The maximum absolute atomic E-state index is 15.6. The monoisotopic (exact) mass is 478 g/mol. The number of hydrogen-bond donors (Lipinski definition) is 0. The molecule has 1 fully saturated rings. The second-order valence-electron chi connectivity index (χ2n) is 7.83. The maximum Gasteiger partial charge on any atom is 0.338 e. The number of ether oxygens (including phenoxy) is 4. The SMILES string of the molecule is O=C(OCC1OCC(OC(=O)c2ccccc2)C(OC(=O)c2ccccc2)C1F)c1ccccc1. The first-order chi connectivity index (χ1) is 17.0. The highest BCUT2D eigenvalue weighted by Crippen LogP contribution is 2.26. The average Bonchev–Trinajstić information content (AvgIpc) is 2.91. The Morgan fingerprint density at radius 1 is 0.714 bits per heavy atom. The van der Waals surface area contributed by atoms with Crippen molar-refractivity contribution in [1.29, 1.82) is 0 Å². The van der Waals surface area contributed by atoms with Gasteiger partial charge in [0.05, 0.1) is 23.3 Å². The van der Waals surface area contributed by atoms with Crippen molar-refractivity contribution in [2.24, 2.45) is 0 Å². The van der Waals surface area contributed by atoms with Crippen LogP contribution in [-0.2, 0) is 18.9 Å². The summed E-state index contributed by atoms with van der Waals surface area (Å²) in [6, 6.07) is 24.5. The van der Waals surface area contributed by atoms with Crippen LogP contribution in [0.4, 0.5) is 4.39 Å². The van der Waals surface area contributed by atoms with Crippen LogP contribution in [0.5, 0.6) is 0 Å². The van der Waals surface area contributed by atoms with E-state index in [4.69, 9.17) is 18.9 Å². The van der Waals surface area contributed by atoms with Crippen LogP contribution in [0.25, 0.3) is 0 Å². The predicted molar refractivity (Wildman–Crippen MR) is 123 cm³/mol. The summed E-state index contributed by atoms with van der Waals surface area (Å²) < 4.78 is 37.2. The van der Waals surface area contributed by atoms with Crippen molar-refractivity contribution in [1.82, 2.24) is 0 Å². The first-order valence-electron chi connectivity index (χ1n) is 11.0. The predicted octanol–water partition coefficient (Wildman–Crippen LogP) is 4.03. The Balaban J connectivity index is 1.47. The number of esters is 3. The van der Waals surface area contributed by atoms with Crippen LogP contribution in [0, 0.1) is 0 Å². The van der Waals surface area contributed by atoms with Crippen LogP contribution in [0.2, 0.25) is 0 Å². The van der Waals surface area contributed by atoms with Gasteiger partial charge in [-0.2, -0.15) is 0 Å². The molecule has 8 heteroatoms. The van der Waals surface area contributed by atoms with Crippen molar-refractivity contribution in [3.05, 3.63) is 108 Å². The van der Waals surface area contributed by atoms with Gasteiger partial charge in [0, 0.05) is 0 Å². The van der Waals surface area contributed by atoms with E-state index in [0.29, 0.717) is 5.56 Å². The zero-order valence-electron chi connectivity index (χ0n) is 18.6. The molecule has 0 saturated carbocycles. The van der Waals surface area contributed by atoms with Gasteiger partial charge in [-0.15, -0.1) is 0 Å². The highest BCUT2D eigenvalue weighted by molar-refractivity contribution is 5.90. The van der Waals surface area contributed by atoms with Gasteiger partial charge in [-0.3, -0.25) is 0 Å². The fourth-order valence-corrected chi connectivity index (χ4v) is 3.56. The quantitative estimate of drug-likeness (QED) is 0.374. The molecular formula is C27H23FO7. The molecule has 7 nitrogen and oxygen atoms in total. The number of benzene rings is 3. The van der Waals surface area contributed by atoms with Crippen LogP contribution in [-0.4, -0.2) is 55.6 Å². The van der Waals surface area contributed by atoms with Crippen LogP contribution in [0.15, 0.2) is 91.0 Å². The highest BCUT2D eigenvalue weighted by atomic mass is 19.1. The summed E-state index contributed by atoms with van der Waals surface area (Å²) in [4.78, 5) is 37.5. The second-order valence-corrected chi connectivity index (χ2v) is 7.83. The van der Waals surface area contributed by atoms with E-state index in [1.54, 1.807) is 78.9 Å². The minimum absolute atomic E-state index is 0.214. The number of hydrogen-bond acceptors (Lipinski definition) is 7. The molecule has 4 rings (SSSR count). The molecule has 1 aliphatic rings. The molecule has 4 atom stereocenters. The lowest BCUT2D eigenvalue weighted by atomic mass is 10.0. The summed E-state index contributed by atoms with van der Waals surface area (Å²) in [6.45, 7) is -0.660. The van der Waals surface area contributed by atoms with Crippen molar-refractivity contribution in [2.45, 2.75) is 24.5 Å². The van der Waals surface area contributed by atoms with E-state index in [2.05, 4.69) is 0 Å². The summed E-state index contributed by atoms with van der Waals surface area (Å²) in [6.07, 6.45) is -5.81. The highest BCUT2D eigenvalue weighted by Gasteiger charge is 2.46. The molecule has 0 aromatic heterocycles. The summed E-state index contributed by atoms with van der Waals surface area (Å²) in [5.41, 5.74) is 0.779. The molecule has 0 spiro atoms. The van der Waals surface area contributed by atoms with E-state index in [9.17, 15) is 14.4 Å². The van der Waals surface area contributed by atoms with E-state index in [-0.39, 0.29) is 17.7 Å². The lowest BCUT2D eigenvalue weighted by Gasteiger charge is -2.37. The first kappa shape index (κ1) is 24.1. The molecule has 4 unspecified atom stereocenters. The topological polar surface area (TPSA) is 88.1 Å². The Labute approximate surface area is 201 Å². The fourth-order valence-electron chi connectivity index (χ4n) is 3.56. The van der Waals surface area contributed by atoms with Gasteiger partial charge in [0.15, 0.2) is 18.4 Å². The third-order valence-electron chi connectivity index (χ3n) is 5.42.